The molecule has 0 saturated carbocycles. The van der Waals surface area contributed by atoms with Crippen molar-refractivity contribution in [2.24, 2.45) is 5.16 Å². The first-order chi connectivity index (χ1) is 8.65. The van der Waals surface area contributed by atoms with Crippen LogP contribution in [-0.4, -0.2) is 24.1 Å². The second-order valence-corrected chi connectivity index (χ2v) is 4.10. The Morgan fingerprint density at radius 2 is 2.00 bits per heavy atom. The topological polar surface area (TPSA) is 51.0 Å². The van der Waals surface area contributed by atoms with Crippen LogP contribution in [0.25, 0.3) is 0 Å². The van der Waals surface area contributed by atoms with Crippen LogP contribution < -0.4 is 9.47 Å². The van der Waals surface area contributed by atoms with Gasteiger partial charge in [-0.2, -0.15) is 0 Å². The van der Waals surface area contributed by atoms with Gasteiger partial charge < -0.3 is 14.7 Å². The fourth-order valence-corrected chi connectivity index (χ4v) is 1.71. The molecule has 0 aliphatic rings. The molecule has 1 rings (SSSR count). The van der Waals surface area contributed by atoms with Crippen LogP contribution in [0.4, 0.5) is 0 Å². The predicted octanol–water partition coefficient (Wildman–Crippen LogP) is 3.46. The van der Waals surface area contributed by atoms with E-state index in [1.807, 2.05) is 18.2 Å². The van der Waals surface area contributed by atoms with Gasteiger partial charge in [0, 0.05) is 11.6 Å². The van der Waals surface area contributed by atoms with E-state index >= 15 is 0 Å². The quantitative estimate of drug-likeness (QED) is 0.478. The molecule has 1 aromatic rings. The van der Waals surface area contributed by atoms with Gasteiger partial charge in [-0.05, 0) is 31.9 Å². The average Bonchev–Trinajstić information content (AvgIpc) is 2.43. The Labute approximate surface area is 108 Å². The smallest absolute Gasteiger partial charge is 0.132 e. The lowest BCUT2D eigenvalue weighted by molar-refractivity contribution is 0.191. The van der Waals surface area contributed by atoms with Crippen LogP contribution in [0.5, 0.6) is 11.5 Å². The monoisotopic (exact) mass is 251 g/mol. The number of hydrogen-bond acceptors (Lipinski definition) is 4. The van der Waals surface area contributed by atoms with Gasteiger partial charge in [-0.3, -0.25) is 0 Å². The summed E-state index contributed by atoms with van der Waals surface area (Å²) in [5.41, 5.74) is 1.31. The van der Waals surface area contributed by atoms with E-state index in [9.17, 15) is 0 Å². The Morgan fingerprint density at radius 3 is 2.50 bits per heavy atom. The molecule has 0 aliphatic heterocycles. The molecule has 0 radical (unpaired) electrons. The van der Waals surface area contributed by atoms with Crippen LogP contribution in [0.1, 0.15) is 39.2 Å². The molecular formula is C14H21NO3. The molecule has 0 bridgehead atoms. The molecule has 18 heavy (non-hydrogen) atoms. The standard InChI is InChI=1S/C14H21NO3/c1-5-11(6-2)18-14-9-12(17-4)7-8-13(14)10(3)15-16/h7-9,11,16H,5-6H2,1-4H3/b15-10+. The van der Waals surface area contributed by atoms with Crippen LogP contribution in [-0.2, 0) is 0 Å². The summed E-state index contributed by atoms with van der Waals surface area (Å²) >= 11 is 0. The molecule has 0 amide bonds. The van der Waals surface area contributed by atoms with E-state index in [0.717, 1.165) is 24.2 Å². The van der Waals surface area contributed by atoms with Crippen LogP contribution in [0.2, 0.25) is 0 Å². The van der Waals surface area contributed by atoms with Crippen molar-refractivity contribution >= 4 is 5.71 Å². The highest BCUT2D eigenvalue weighted by Crippen LogP contribution is 2.27. The number of hydrogen-bond donors (Lipinski definition) is 1. The summed E-state index contributed by atoms with van der Waals surface area (Å²) < 4.78 is 11.1. The maximum absolute atomic E-state index is 8.89. The molecule has 0 heterocycles. The van der Waals surface area contributed by atoms with Gasteiger partial charge in [0.25, 0.3) is 0 Å². The number of benzene rings is 1. The van der Waals surface area contributed by atoms with Crippen LogP contribution >= 0.6 is 0 Å². The number of ether oxygens (including phenoxy) is 2. The molecular weight excluding hydrogens is 230 g/mol. The lowest BCUT2D eigenvalue weighted by atomic mass is 10.1. The highest BCUT2D eigenvalue weighted by Gasteiger charge is 2.13. The molecule has 0 atom stereocenters. The van der Waals surface area contributed by atoms with Gasteiger partial charge in [-0.25, -0.2) is 0 Å². The Balaban J connectivity index is 3.11. The molecule has 1 N–H and O–H groups in total. The van der Waals surface area contributed by atoms with Crippen molar-refractivity contribution < 1.29 is 14.7 Å². The summed E-state index contributed by atoms with van der Waals surface area (Å²) in [6, 6.07) is 5.48. The van der Waals surface area contributed by atoms with Crippen LogP contribution in [0.15, 0.2) is 23.4 Å². The van der Waals surface area contributed by atoms with E-state index in [0.29, 0.717) is 11.5 Å². The summed E-state index contributed by atoms with van der Waals surface area (Å²) in [4.78, 5) is 0. The minimum absolute atomic E-state index is 0.155. The molecule has 0 saturated heterocycles. The van der Waals surface area contributed by atoms with Crippen molar-refractivity contribution in [3.8, 4) is 11.5 Å². The van der Waals surface area contributed by atoms with E-state index in [2.05, 4.69) is 19.0 Å². The maximum Gasteiger partial charge on any atom is 0.132 e. The van der Waals surface area contributed by atoms with Crippen molar-refractivity contribution in [3.63, 3.8) is 0 Å². The zero-order valence-corrected chi connectivity index (χ0v) is 11.4. The Bertz CT molecular complexity index is 412. The van der Waals surface area contributed by atoms with Gasteiger partial charge in [0.2, 0.25) is 0 Å². The molecule has 1 aromatic carbocycles. The first-order valence-electron chi connectivity index (χ1n) is 6.19. The molecule has 0 spiro atoms. The van der Waals surface area contributed by atoms with Gasteiger partial charge in [-0.1, -0.05) is 19.0 Å². The third kappa shape index (κ3) is 3.39. The first-order valence-corrected chi connectivity index (χ1v) is 6.19. The molecule has 4 heteroatoms. The summed E-state index contributed by atoms with van der Waals surface area (Å²) in [5, 5.41) is 12.1. The maximum atomic E-state index is 8.89. The fourth-order valence-electron chi connectivity index (χ4n) is 1.71. The lowest BCUT2D eigenvalue weighted by Crippen LogP contribution is -2.15. The average molecular weight is 251 g/mol. The van der Waals surface area contributed by atoms with Gasteiger partial charge in [-0.15, -0.1) is 0 Å². The largest absolute Gasteiger partial charge is 0.497 e. The van der Waals surface area contributed by atoms with Crippen molar-refractivity contribution in [3.05, 3.63) is 23.8 Å². The highest BCUT2D eigenvalue weighted by atomic mass is 16.5. The Kier molecular flexibility index (Phi) is 5.49. The molecule has 0 fully saturated rings. The van der Waals surface area contributed by atoms with Crippen LogP contribution in [0.3, 0.4) is 0 Å². The van der Waals surface area contributed by atoms with Crippen molar-refractivity contribution in [1.82, 2.24) is 0 Å². The molecule has 0 unspecified atom stereocenters. The van der Waals surface area contributed by atoms with Gasteiger partial charge in [0.05, 0.1) is 18.9 Å². The Hall–Kier alpha value is -1.71. The molecule has 0 aromatic heterocycles. The zero-order valence-electron chi connectivity index (χ0n) is 11.4. The summed E-state index contributed by atoms with van der Waals surface area (Å²) in [5.74, 6) is 1.42. The predicted molar refractivity (Wildman–Crippen MR) is 72.0 cm³/mol. The Morgan fingerprint density at radius 1 is 1.33 bits per heavy atom. The molecule has 4 nitrogen and oxygen atoms in total. The summed E-state index contributed by atoms with van der Waals surface area (Å²) in [7, 11) is 1.61. The number of oxime groups is 1. The SMILES string of the molecule is CCC(CC)Oc1cc(OC)ccc1/C(C)=N/O. The molecule has 0 aliphatic carbocycles. The van der Waals surface area contributed by atoms with Gasteiger partial charge >= 0.3 is 0 Å². The number of rotatable bonds is 6. The summed E-state index contributed by atoms with van der Waals surface area (Å²) in [6.07, 6.45) is 2.02. The molecule has 100 valence electrons. The lowest BCUT2D eigenvalue weighted by Gasteiger charge is -2.18. The van der Waals surface area contributed by atoms with Gasteiger partial charge in [0.15, 0.2) is 0 Å². The number of nitrogens with zero attached hydrogens (tertiary/aromatic N) is 1. The third-order valence-electron chi connectivity index (χ3n) is 2.93. The second kappa shape index (κ2) is 6.89. The van der Waals surface area contributed by atoms with Crippen molar-refractivity contribution in [2.45, 2.75) is 39.7 Å². The van der Waals surface area contributed by atoms with E-state index in [1.165, 1.54) is 0 Å². The summed E-state index contributed by atoms with van der Waals surface area (Å²) in [6.45, 7) is 5.91. The van der Waals surface area contributed by atoms with Crippen molar-refractivity contribution in [2.75, 3.05) is 7.11 Å². The zero-order chi connectivity index (χ0) is 13.5. The fraction of sp³-hybridized carbons (Fsp3) is 0.500. The number of methoxy groups -OCH3 is 1. The van der Waals surface area contributed by atoms with Crippen molar-refractivity contribution in [1.29, 1.82) is 0 Å². The van der Waals surface area contributed by atoms with E-state index < -0.39 is 0 Å². The van der Waals surface area contributed by atoms with Gasteiger partial charge in [0.1, 0.15) is 11.5 Å². The second-order valence-electron chi connectivity index (χ2n) is 4.10. The highest BCUT2D eigenvalue weighted by molar-refractivity contribution is 6.00. The van der Waals surface area contributed by atoms with Crippen LogP contribution in [0, 0.1) is 0 Å². The third-order valence-corrected chi connectivity index (χ3v) is 2.93. The van der Waals surface area contributed by atoms with E-state index in [1.54, 1.807) is 14.0 Å². The first kappa shape index (κ1) is 14.4. The normalized spacial score (nSPS) is 11.7. The minimum atomic E-state index is 0.155. The van der Waals surface area contributed by atoms with E-state index in [-0.39, 0.29) is 6.10 Å². The minimum Gasteiger partial charge on any atom is -0.497 e. The van der Waals surface area contributed by atoms with E-state index in [4.69, 9.17) is 14.7 Å².